The number of furan rings is 1. The summed E-state index contributed by atoms with van der Waals surface area (Å²) in [4.78, 5) is 30.3. The van der Waals surface area contributed by atoms with Crippen LogP contribution in [0.4, 0.5) is 0 Å². The SMILES string of the molecule is COc1cccc(C[C@@H](C2CCN(C(=O)c3n[nH]c4c3CCCC4)CC2)N(C)C(=O)c2ccco2)c1. The lowest BCUT2D eigenvalue weighted by molar-refractivity contribution is 0.0502. The zero-order valence-electron chi connectivity index (χ0n) is 21.0. The van der Waals surface area contributed by atoms with E-state index < -0.39 is 0 Å². The van der Waals surface area contributed by atoms with Crippen LogP contribution in [0, 0.1) is 5.92 Å². The minimum atomic E-state index is -0.130. The van der Waals surface area contributed by atoms with Crippen LogP contribution in [0.2, 0.25) is 0 Å². The summed E-state index contributed by atoms with van der Waals surface area (Å²) in [6.45, 7) is 1.31. The number of carbonyl (C=O) groups excluding carboxylic acids is 2. The first-order valence-electron chi connectivity index (χ1n) is 12.8. The Balaban J connectivity index is 1.31. The first-order valence-corrected chi connectivity index (χ1v) is 12.8. The molecule has 3 heterocycles. The smallest absolute Gasteiger partial charge is 0.289 e. The number of aromatic amines is 1. The van der Waals surface area contributed by atoms with Gasteiger partial charge in [-0.1, -0.05) is 12.1 Å². The summed E-state index contributed by atoms with van der Waals surface area (Å²) in [6.07, 6.45) is 8.02. The number of piperidine rings is 1. The van der Waals surface area contributed by atoms with E-state index >= 15 is 0 Å². The number of benzene rings is 1. The van der Waals surface area contributed by atoms with Crippen molar-refractivity contribution in [2.24, 2.45) is 5.92 Å². The Morgan fingerprint density at radius 3 is 2.75 bits per heavy atom. The molecule has 190 valence electrons. The van der Waals surface area contributed by atoms with E-state index in [1.54, 1.807) is 19.2 Å². The molecule has 2 amide bonds. The van der Waals surface area contributed by atoms with Crippen molar-refractivity contribution in [1.82, 2.24) is 20.0 Å². The Labute approximate surface area is 211 Å². The van der Waals surface area contributed by atoms with Gasteiger partial charge in [-0.25, -0.2) is 0 Å². The molecule has 3 aromatic rings. The maximum atomic E-state index is 13.3. The van der Waals surface area contributed by atoms with Crippen LogP contribution in [0.25, 0.3) is 0 Å². The summed E-state index contributed by atoms with van der Waals surface area (Å²) in [5, 5.41) is 7.48. The van der Waals surface area contributed by atoms with Crippen LogP contribution in [-0.2, 0) is 19.3 Å². The third kappa shape index (κ3) is 4.90. The summed E-state index contributed by atoms with van der Waals surface area (Å²) in [7, 11) is 3.51. The van der Waals surface area contributed by atoms with E-state index in [0.29, 0.717) is 31.0 Å². The van der Waals surface area contributed by atoms with Gasteiger partial charge in [-0.2, -0.15) is 5.10 Å². The second-order valence-corrected chi connectivity index (χ2v) is 9.88. The van der Waals surface area contributed by atoms with Crippen molar-refractivity contribution in [2.75, 3.05) is 27.2 Å². The van der Waals surface area contributed by atoms with Crippen molar-refractivity contribution >= 4 is 11.8 Å². The Morgan fingerprint density at radius 2 is 2.00 bits per heavy atom. The van der Waals surface area contributed by atoms with Gasteiger partial charge in [0.25, 0.3) is 11.8 Å². The standard InChI is InChI=1S/C28H34N4O4/c1-31(27(33)25-11-6-16-36-25)24(18-19-7-5-8-21(17-19)35-2)20-12-14-32(15-13-20)28(34)26-22-9-3-4-10-23(22)29-30-26/h5-8,11,16-17,20,24H,3-4,9-10,12-15,18H2,1-2H3,(H,29,30)/t24-/m0/s1. The molecule has 5 rings (SSSR count). The fourth-order valence-corrected chi connectivity index (χ4v) is 5.68. The fourth-order valence-electron chi connectivity index (χ4n) is 5.68. The maximum Gasteiger partial charge on any atom is 0.289 e. The molecule has 2 aromatic heterocycles. The predicted molar refractivity (Wildman–Crippen MR) is 135 cm³/mol. The van der Waals surface area contributed by atoms with Crippen LogP contribution in [0.1, 0.15) is 63.5 Å². The topological polar surface area (TPSA) is 91.7 Å². The molecule has 0 bridgehead atoms. The van der Waals surface area contributed by atoms with Gasteiger partial charge in [0.1, 0.15) is 5.75 Å². The highest BCUT2D eigenvalue weighted by atomic mass is 16.5. The van der Waals surface area contributed by atoms with Gasteiger partial charge >= 0.3 is 0 Å². The van der Waals surface area contributed by atoms with Crippen LogP contribution in [0.3, 0.4) is 0 Å². The highest BCUT2D eigenvalue weighted by Crippen LogP contribution is 2.30. The molecule has 1 aromatic carbocycles. The second kappa shape index (κ2) is 10.6. The number of H-pyrrole nitrogens is 1. The van der Waals surface area contributed by atoms with E-state index in [2.05, 4.69) is 16.3 Å². The Kier molecular flexibility index (Phi) is 7.11. The van der Waals surface area contributed by atoms with Crippen molar-refractivity contribution in [2.45, 2.75) is 51.0 Å². The first kappa shape index (κ1) is 24.2. The fraction of sp³-hybridized carbons (Fsp3) is 0.464. The van der Waals surface area contributed by atoms with Crippen molar-refractivity contribution < 1.29 is 18.7 Å². The zero-order valence-corrected chi connectivity index (χ0v) is 21.0. The normalized spacial score (nSPS) is 16.9. The highest BCUT2D eigenvalue weighted by Gasteiger charge is 2.35. The number of carbonyl (C=O) groups is 2. The molecule has 1 aliphatic carbocycles. The van der Waals surface area contributed by atoms with Gasteiger partial charge in [-0.05, 0) is 80.7 Å². The van der Waals surface area contributed by atoms with E-state index in [1.807, 2.05) is 35.0 Å². The third-order valence-electron chi connectivity index (χ3n) is 7.76. The van der Waals surface area contributed by atoms with Crippen LogP contribution in [0.5, 0.6) is 5.75 Å². The van der Waals surface area contributed by atoms with E-state index in [9.17, 15) is 9.59 Å². The molecule has 2 aliphatic rings. The number of nitrogens with one attached hydrogen (secondary N) is 1. The molecule has 1 aliphatic heterocycles. The van der Waals surface area contributed by atoms with Crippen LogP contribution in [-0.4, -0.2) is 65.1 Å². The molecule has 1 atom stereocenters. The highest BCUT2D eigenvalue weighted by molar-refractivity contribution is 5.94. The van der Waals surface area contributed by atoms with Crippen LogP contribution >= 0.6 is 0 Å². The van der Waals surface area contributed by atoms with Gasteiger partial charge in [0.15, 0.2) is 11.5 Å². The minimum absolute atomic E-state index is 0.0252. The number of hydrogen-bond donors (Lipinski definition) is 1. The van der Waals surface area contributed by atoms with Gasteiger partial charge in [0, 0.05) is 37.4 Å². The Hall–Kier alpha value is -3.55. The number of likely N-dealkylation sites (tertiary alicyclic amines) is 1. The average Bonchev–Trinajstić information content (AvgIpc) is 3.61. The number of hydrogen-bond acceptors (Lipinski definition) is 5. The Morgan fingerprint density at radius 1 is 1.19 bits per heavy atom. The van der Waals surface area contributed by atoms with Crippen molar-refractivity contribution in [3.8, 4) is 5.75 Å². The summed E-state index contributed by atoms with van der Waals surface area (Å²) in [6, 6.07) is 11.4. The minimum Gasteiger partial charge on any atom is -0.497 e. The number of ether oxygens (including phenoxy) is 1. The summed E-state index contributed by atoms with van der Waals surface area (Å²) in [5.74, 6) is 1.28. The lowest BCUT2D eigenvalue weighted by atomic mass is 9.84. The summed E-state index contributed by atoms with van der Waals surface area (Å²) < 4.78 is 10.8. The first-order chi connectivity index (χ1) is 17.5. The molecule has 0 radical (unpaired) electrons. The number of nitrogens with zero attached hydrogens (tertiary/aromatic N) is 3. The van der Waals surface area contributed by atoms with E-state index in [-0.39, 0.29) is 23.8 Å². The van der Waals surface area contributed by atoms with E-state index in [1.165, 1.54) is 6.26 Å². The van der Waals surface area contributed by atoms with Gasteiger partial charge in [0.05, 0.1) is 13.4 Å². The largest absolute Gasteiger partial charge is 0.497 e. The second-order valence-electron chi connectivity index (χ2n) is 9.88. The van der Waals surface area contributed by atoms with Crippen molar-refractivity contribution in [3.63, 3.8) is 0 Å². The van der Waals surface area contributed by atoms with Crippen molar-refractivity contribution in [3.05, 3.63) is 70.9 Å². The molecule has 1 fully saturated rings. The number of methoxy groups -OCH3 is 1. The molecule has 0 unspecified atom stereocenters. The average molecular weight is 491 g/mol. The van der Waals surface area contributed by atoms with Gasteiger partial charge in [-0.3, -0.25) is 14.7 Å². The number of rotatable bonds is 7. The zero-order chi connectivity index (χ0) is 25.1. The van der Waals surface area contributed by atoms with Gasteiger partial charge in [-0.15, -0.1) is 0 Å². The lowest BCUT2D eigenvalue weighted by Crippen LogP contribution is -2.48. The Bertz CT molecular complexity index is 1190. The molecule has 36 heavy (non-hydrogen) atoms. The van der Waals surface area contributed by atoms with Crippen LogP contribution < -0.4 is 4.74 Å². The number of fused-ring (bicyclic) bond motifs is 1. The third-order valence-corrected chi connectivity index (χ3v) is 7.76. The maximum absolute atomic E-state index is 13.3. The van der Waals surface area contributed by atoms with Gasteiger partial charge in [0.2, 0.25) is 0 Å². The molecular formula is C28H34N4O4. The number of amides is 2. The lowest BCUT2D eigenvalue weighted by Gasteiger charge is -2.40. The predicted octanol–water partition coefficient (Wildman–Crippen LogP) is 4.13. The summed E-state index contributed by atoms with van der Waals surface area (Å²) in [5.41, 5.74) is 3.94. The van der Waals surface area contributed by atoms with Gasteiger partial charge < -0.3 is 19.0 Å². The molecule has 0 saturated carbocycles. The van der Waals surface area contributed by atoms with Crippen molar-refractivity contribution in [1.29, 1.82) is 0 Å². The van der Waals surface area contributed by atoms with E-state index in [4.69, 9.17) is 9.15 Å². The van der Waals surface area contributed by atoms with Crippen LogP contribution in [0.15, 0.2) is 47.1 Å². The molecule has 0 spiro atoms. The molecule has 8 nitrogen and oxygen atoms in total. The number of aromatic nitrogens is 2. The number of likely N-dealkylation sites (N-methyl/N-ethyl adjacent to an activating group) is 1. The summed E-state index contributed by atoms with van der Waals surface area (Å²) >= 11 is 0. The monoisotopic (exact) mass is 490 g/mol. The molecule has 1 saturated heterocycles. The molecule has 1 N–H and O–H groups in total. The molecular weight excluding hydrogens is 456 g/mol. The molecule has 8 heteroatoms. The van der Waals surface area contributed by atoms with E-state index in [0.717, 1.165) is 61.1 Å². The quantitative estimate of drug-likeness (QED) is 0.538. The number of aryl methyl sites for hydroxylation is 1.